The number of hydrogen-bond donors (Lipinski definition) is 0. The van der Waals surface area contributed by atoms with Crippen molar-refractivity contribution in [2.24, 2.45) is 0 Å². The monoisotopic (exact) mass is 392 g/mol. The van der Waals surface area contributed by atoms with Gasteiger partial charge in [0.15, 0.2) is 0 Å². The number of amides is 1. The van der Waals surface area contributed by atoms with Crippen molar-refractivity contribution in [2.75, 3.05) is 31.1 Å². The number of thiophene rings is 1. The Morgan fingerprint density at radius 3 is 2.50 bits per heavy atom. The van der Waals surface area contributed by atoms with Crippen molar-refractivity contribution < 1.29 is 13.6 Å². The number of piperazine rings is 1. The molecule has 1 amide bonds. The first-order chi connectivity index (χ1) is 12.5. The number of carbonyl (C=O) groups excluding carboxylic acids is 1. The van der Waals surface area contributed by atoms with Crippen LogP contribution in [0.25, 0.3) is 10.1 Å². The van der Waals surface area contributed by atoms with Gasteiger partial charge in [0.05, 0.1) is 10.7 Å². The minimum Gasteiger partial charge on any atom is -0.366 e. The molecule has 3 nitrogen and oxygen atoms in total. The summed E-state index contributed by atoms with van der Waals surface area (Å²) < 4.78 is 28.0. The Hall–Kier alpha value is -2.18. The molecule has 0 spiro atoms. The Morgan fingerprint density at radius 2 is 1.77 bits per heavy atom. The first kappa shape index (κ1) is 17.2. The van der Waals surface area contributed by atoms with Gasteiger partial charge in [0.2, 0.25) is 0 Å². The molecule has 0 bridgehead atoms. The predicted octanol–water partition coefficient (Wildman–Crippen LogP) is 4.80. The topological polar surface area (TPSA) is 23.6 Å². The molecule has 0 aliphatic carbocycles. The van der Waals surface area contributed by atoms with Crippen LogP contribution in [0.2, 0.25) is 5.02 Å². The second kappa shape index (κ2) is 6.85. The summed E-state index contributed by atoms with van der Waals surface area (Å²) in [5, 5.41) is 1.05. The number of anilines is 1. The van der Waals surface area contributed by atoms with E-state index >= 15 is 0 Å². The van der Waals surface area contributed by atoms with Crippen LogP contribution in [0.4, 0.5) is 14.5 Å². The molecule has 0 atom stereocenters. The maximum absolute atomic E-state index is 13.9. The van der Waals surface area contributed by atoms with Gasteiger partial charge in [0.25, 0.3) is 5.91 Å². The fourth-order valence-corrected chi connectivity index (χ4v) is 4.68. The molecule has 134 valence electrons. The molecule has 1 saturated heterocycles. The van der Waals surface area contributed by atoms with Gasteiger partial charge < -0.3 is 9.80 Å². The summed E-state index contributed by atoms with van der Waals surface area (Å²) >= 11 is 7.55. The average molecular weight is 393 g/mol. The lowest BCUT2D eigenvalue weighted by molar-refractivity contribution is 0.0752. The van der Waals surface area contributed by atoms with Crippen LogP contribution >= 0.6 is 22.9 Å². The Morgan fingerprint density at radius 1 is 1.04 bits per heavy atom. The van der Waals surface area contributed by atoms with Crippen LogP contribution in [0.3, 0.4) is 0 Å². The fraction of sp³-hybridized carbons (Fsp3) is 0.211. The molecule has 0 saturated carbocycles. The molecule has 1 aromatic heterocycles. The zero-order valence-corrected chi connectivity index (χ0v) is 15.3. The third-order valence-corrected chi connectivity index (χ3v) is 6.19. The molecule has 3 aromatic rings. The number of rotatable bonds is 2. The molecule has 2 aromatic carbocycles. The smallest absolute Gasteiger partial charge is 0.265 e. The molecule has 1 fully saturated rings. The zero-order valence-electron chi connectivity index (χ0n) is 13.7. The van der Waals surface area contributed by atoms with Crippen LogP contribution in [-0.2, 0) is 0 Å². The van der Waals surface area contributed by atoms with Gasteiger partial charge in [-0.3, -0.25) is 4.79 Å². The van der Waals surface area contributed by atoms with Crippen LogP contribution < -0.4 is 4.90 Å². The van der Waals surface area contributed by atoms with Gasteiger partial charge in [-0.2, -0.15) is 0 Å². The van der Waals surface area contributed by atoms with Gasteiger partial charge in [0.1, 0.15) is 16.5 Å². The summed E-state index contributed by atoms with van der Waals surface area (Å²) in [7, 11) is 0. The fourth-order valence-electron chi connectivity index (χ4n) is 3.18. The highest BCUT2D eigenvalue weighted by molar-refractivity contribution is 7.21. The van der Waals surface area contributed by atoms with Gasteiger partial charge in [-0.15, -0.1) is 11.3 Å². The predicted molar refractivity (Wildman–Crippen MR) is 101 cm³/mol. The quantitative estimate of drug-likeness (QED) is 0.625. The van der Waals surface area contributed by atoms with Crippen LogP contribution in [0.1, 0.15) is 9.67 Å². The largest absolute Gasteiger partial charge is 0.366 e. The second-order valence-corrected chi connectivity index (χ2v) is 7.55. The summed E-state index contributed by atoms with van der Waals surface area (Å²) in [6.45, 7) is 2.05. The number of benzene rings is 2. The minimum atomic E-state index is -0.354. The Kier molecular flexibility index (Phi) is 4.54. The number of para-hydroxylation sites is 1. The lowest BCUT2D eigenvalue weighted by Crippen LogP contribution is -2.48. The maximum Gasteiger partial charge on any atom is 0.265 e. The lowest BCUT2D eigenvalue weighted by Gasteiger charge is -2.36. The Bertz CT molecular complexity index is 983. The standard InChI is InChI=1S/C19H15ClF2N2OS/c20-17-13-6-5-12(21)11-16(13)26-18(17)19(25)24-9-7-23(8-10-24)15-4-2-1-3-14(15)22/h1-6,11H,7-10H2. The number of halogens is 3. The Balaban J connectivity index is 1.52. The molecular weight excluding hydrogens is 378 g/mol. The highest BCUT2D eigenvalue weighted by Crippen LogP contribution is 2.36. The number of fused-ring (bicyclic) bond motifs is 1. The molecule has 1 aliphatic rings. The van der Waals surface area contributed by atoms with E-state index in [1.807, 2.05) is 4.90 Å². The summed E-state index contributed by atoms with van der Waals surface area (Å²) in [5.41, 5.74) is 0.551. The van der Waals surface area contributed by atoms with E-state index in [1.54, 1.807) is 29.2 Å². The third-order valence-electron chi connectivity index (χ3n) is 4.55. The van der Waals surface area contributed by atoms with Crippen molar-refractivity contribution in [3.63, 3.8) is 0 Å². The molecule has 2 heterocycles. The van der Waals surface area contributed by atoms with Crippen molar-refractivity contribution in [3.05, 3.63) is 64.0 Å². The van der Waals surface area contributed by atoms with Crippen molar-refractivity contribution in [1.82, 2.24) is 4.90 Å². The molecule has 7 heteroatoms. The highest BCUT2D eigenvalue weighted by atomic mass is 35.5. The lowest BCUT2D eigenvalue weighted by atomic mass is 10.2. The SMILES string of the molecule is O=C(c1sc2cc(F)ccc2c1Cl)N1CCN(c2ccccc2F)CC1. The molecule has 0 radical (unpaired) electrons. The first-order valence-electron chi connectivity index (χ1n) is 8.21. The van der Waals surface area contributed by atoms with E-state index in [4.69, 9.17) is 11.6 Å². The normalized spacial score (nSPS) is 14.9. The second-order valence-electron chi connectivity index (χ2n) is 6.12. The van der Waals surface area contributed by atoms with Gasteiger partial charge in [0, 0.05) is 36.3 Å². The minimum absolute atomic E-state index is 0.162. The van der Waals surface area contributed by atoms with Gasteiger partial charge in [-0.25, -0.2) is 8.78 Å². The Labute approximate surface area is 158 Å². The van der Waals surface area contributed by atoms with E-state index in [-0.39, 0.29) is 17.5 Å². The van der Waals surface area contributed by atoms with Crippen LogP contribution in [-0.4, -0.2) is 37.0 Å². The molecule has 0 N–H and O–H groups in total. The number of hydrogen-bond acceptors (Lipinski definition) is 3. The van der Waals surface area contributed by atoms with Crippen molar-refractivity contribution in [1.29, 1.82) is 0 Å². The summed E-state index contributed by atoms with van der Waals surface area (Å²) in [6, 6.07) is 10.9. The number of carbonyl (C=O) groups is 1. The summed E-state index contributed by atoms with van der Waals surface area (Å²) in [6.07, 6.45) is 0. The van der Waals surface area contributed by atoms with Crippen molar-refractivity contribution in [2.45, 2.75) is 0 Å². The highest BCUT2D eigenvalue weighted by Gasteiger charge is 2.27. The molecular formula is C19H15ClF2N2OS. The van der Waals surface area contributed by atoms with Crippen LogP contribution in [0.15, 0.2) is 42.5 Å². The van der Waals surface area contributed by atoms with Crippen molar-refractivity contribution >= 4 is 44.6 Å². The van der Waals surface area contributed by atoms with E-state index < -0.39 is 0 Å². The summed E-state index contributed by atoms with van der Waals surface area (Å²) in [5.74, 6) is -0.778. The summed E-state index contributed by atoms with van der Waals surface area (Å²) in [4.78, 5) is 16.9. The van der Waals surface area contributed by atoms with E-state index in [9.17, 15) is 13.6 Å². The first-order valence-corrected chi connectivity index (χ1v) is 9.40. The molecule has 1 aliphatic heterocycles. The molecule has 26 heavy (non-hydrogen) atoms. The average Bonchev–Trinajstić information content (AvgIpc) is 2.97. The third kappa shape index (κ3) is 3.04. The van der Waals surface area contributed by atoms with Crippen molar-refractivity contribution in [3.8, 4) is 0 Å². The van der Waals surface area contributed by atoms with E-state index in [2.05, 4.69) is 0 Å². The van der Waals surface area contributed by atoms with E-state index in [0.29, 0.717) is 51.9 Å². The van der Waals surface area contributed by atoms with E-state index in [1.165, 1.54) is 29.5 Å². The zero-order chi connectivity index (χ0) is 18.3. The van der Waals surface area contributed by atoms with Gasteiger partial charge in [-0.1, -0.05) is 23.7 Å². The van der Waals surface area contributed by atoms with Gasteiger partial charge >= 0.3 is 0 Å². The molecule has 0 unspecified atom stereocenters. The van der Waals surface area contributed by atoms with Crippen LogP contribution in [0, 0.1) is 11.6 Å². The van der Waals surface area contributed by atoms with Gasteiger partial charge in [-0.05, 0) is 30.3 Å². The van der Waals surface area contributed by atoms with Crippen LogP contribution in [0.5, 0.6) is 0 Å². The maximum atomic E-state index is 13.9. The number of nitrogens with zero attached hydrogens (tertiary/aromatic N) is 2. The van der Waals surface area contributed by atoms with E-state index in [0.717, 1.165) is 0 Å². The molecule has 4 rings (SSSR count).